The fourth-order valence-electron chi connectivity index (χ4n) is 2.51. The maximum Gasteiger partial charge on any atom is 0.264 e. The number of para-hydroxylation sites is 1. The molecular formula is C16H18N2O2S. The molecule has 1 heterocycles. The van der Waals surface area contributed by atoms with Crippen molar-refractivity contribution >= 4 is 15.7 Å². The van der Waals surface area contributed by atoms with E-state index in [2.05, 4.69) is 5.32 Å². The van der Waals surface area contributed by atoms with Crippen molar-refractivity contribution in [3.8, 4) is 0 Å². The van der Waals surface area contributed by atoms with Gasteiger partial charge >= 0.3 is 0 Å². The SMILES string of the molecule is Cc1ccc(S(=O)(=O)N2CCNCc3ccccc32)cc1. The van der Waals surface area contributed by atoms with Crippen LogP contribution in [0.3, 0.4) is 0 Å². The van der Waals surface area contributed by atoms with Crippen LogP contribution in [0.25, 0.3) is 0 Å². The van der Waals surface area contributed by atoms with Gasteiger partial charge in [-0.05, 0) is 30.7 Å². The Morgan fingerprint density at radius 2 is 1.76 bits per heavy atom. The summed E-state index contributed by atoms with van der Waals surface area (Å²) in [5.41, 5.74) is 2.82. The third-order valence-corrected chi connectivity index (χ3v) is 5.50. The molecule has 1 aliphatic rings. The van der Waals surface area contributed by atoms with Gasteiger partial charge in [-0.1, -0.05) is 35.9 Å². The standard InChI is InChI=1S/C16H18N2O2S/c1-13-6-8-15(9-7-13)21(19,20)18-11-10-17-12-14-4-2-3-5-16(14)18/h2-9,17H,10-12H2,1H3. The van der Waals surface area contributed by atoms with Gasteiger partial charge in [0.15, 0.2) is 0 Å². The Kier molecular flexibility index (Phi) is 3.69. The minimum atomic E-state index is -3.52. The van der Waals surface area contributed by atoms with E-state index in [4.69, 9.17) is 0 Å². The molecule has 3 rings (SSSR count). The van der Waals surface area contributed by atoms with Crippen molar-refractivity contribution < 1.29 is 8.42 Å². The summed E-state index contributed by atoms with van der Waals surface area (Å²) in [6.07, 6.45) is 0. The molecule has 4 nitrogen and oxygen atoms in total. The number of nitrogens with zero attached hydrogens (tertiary/aromatic N) is 1. The fraction of sp³-hybridized carbons (Fsp3) is 0.250. The van der Waals surface area contributed by atoms with Crippen LogP contribution in [0.4, 0.5) is 5.69 Å². The van der Waals surface area contributed by atoms with Gasteiger partial charge in [-0.25, -0.2) is 8.42 Å². The zero-order valence-electron chi connectivity index (χ0n) is 11.9. The van der Waals surface area contributed by atoms with Gasteiger partial charge in [0.25, 0.3) is 10.0 Å². The second-order valence-corrected chi connectivity index (χ2v) is 7.06. The lowest BCUT2D eigenvalue weighted by Crippen LogP contribution is -2.34. The lowest BCUT2D eigenvalue weighted by Gasteiger charge is -2.24. The van der Waals surface area contributed by atoms with Crippen LogP contribution in [0, 0.1) is 6.92 Å². The smallest absolute Gasteiger partial charge is 0.264 e. The van der Waals surface area contributed by atoms with Crippen molar-refractivity contribution in [1.29, 1.82) is 0 Å². The number of hydrogen-bond donors (Lipinski definition) is 1. The van der Waals surface area contributed by atoms with E-state index in [1.807, 2.05) is 43.3 Å². The van der Waals surface area contributed by atoms with E-state index in [1.165, 1.54) is 4.31 Å². The molecule has 0 aliphatic carbocycles. The zero-order chi connectivity index (χ0) is 14.9. The van der Waals surface area contributed by atoms with E-state index in [9.17, 15) is 8.42 Å². The molecule has 0 amide bonds. The number of nitrogens with one attached hydrogen (secondary N) is 1. The van der Waals surface area contributed by atoms with Crippen molar-refractivity contribution in [2.24, 2.45) is 0 Å². The molecular weight excluding hydrogens is 284 g/mol. The van der Waals surface area contributed by atoms with Crippen LogP contribution in [0.5, 0.6) is 0 Å². The van der Waals surface area contributed by atoms with Crippen LogP contribution in [-0.2, 0) is 16.6 Å². The molecule has 0 unspecified atom stereocenters. The molecule has 5 heteroatoms. The maximum absolute atomic E-state index is 12.9. The second-order valence-electron chi connectivity index (χ2n) is 5.20. The molecule has 1 N–H and O–H groups in total. The molecule has 110 valence electrons. The molecule has 0 fully saturated rings. The largest absolute Gasteiger partial charge is 0.311 e. The van der Waals surface area contributed by atoms with Crippen molar-refractivity contribution in [2.45, 2.75) is 18.4 Å². The third kappa shape index (κ3) is 2.66. The van der Waals surface area contributed by atoms with E-state index in [1.54, 1.807) is 12.1 Å². The quantitative estimate of drug-likeness (QED) is 0.926. The van der Waals surface area contributed by atoms with Gasteiger partial charge < -0.3 is 5.32 Å². The molecule has 0 saturated heterocycles. The molecule has 0 saturated carbocycles. The summed E-state index contributed by atoms with van der Waals surface area (Å²) in [4.78, 5) is 0.338. The van der Waals surface area contributed by atoms with Gasteiger partial charge in [-0.2, -0.15) is 0 Å². The molecule has 0 aromatic heterocycles. The van der Waals surface area contributed by atoms with E-state index >= 15 is 0 Å². The highest BCUT2D eigenvalue weighted by atomic mass is 32.2. The molecule has 21 heavy (non-hydrogen) atoms. The summed E-state index contributed by atoms with van der Waals surface area (Å²) in [5, 5.41) is 3.26. The number of aryl methyl sites for hydroxylation is 1. The molecule has 2 aromatic rings. The van der Waals surface area contributed by atoms with Gasteiger partial charge in [0.1, 0.15) is 0 Å². The molecule has 1 aliphatic heterocycles. The first-order chi connectivity index (χ1) is 10.1. The average molecular weight is 302 g/mol. The van der Waals surface area contributed by atoms with Crippen LogP contribution in [0.2, 0.25) is 0 Å². The Labute approximate surface area is 125 Å². The van der Waals surface area contributed by atoms with E-state index < -0.39 is 10.0 Å². The van der Waals surface area contributed by atoms with Crippen LogP contribution in [0.15, 0.2) is 53.4 Å². The molecule has 0 radical (unpaired) electrons. The summed E-state index contributed by atoms with van der Waals surface area (Å²) >= 11 is 0. The van der Waals surface area contributed by atoms with Gasteiger partial charge in [0.05, 0.1) is 10.6 Å². The number of rotatable bonds is 2. The Hall–Kier alpha value is -1.85. The average Bonchev–Trinajstić information content (AvgIpc) is 2.70. The van der Waals surface area contributed by atoms with Gasteiger partial charge in [0, 0.05) is 19.6 Å². The van der Waals surface area contributed by atoms with Gasteiger partial charge in [0.2, 0.25) is 0 Å². The van der Waals surface area contributed by atoms with Gasteiger partial charge in [-0.3, -0.25) is 4.31 Å². The van der Waals surface area contributed by atoms with Crippen molar-refractivity contribution in [3.63, 3.8) is 0 Å². The fourth-order valence-corrected chi connectivity index (χ4v) is 4.02. The monoisotopic (exact) mass is 302 g/mol. The lowest BCUT2D eigenvalue weighted by atomic mass is 10.2. The van der Waals surface area contributed by atoms with Crippen LogP contribution >= 0.6 is 0 Å². The Morgan fingerprint density at radius 3 is 2.52 bits per heavy atom. The number of sulfonamides is 1. The summed E-state index contributed by atoms with van der Waals surface area (Å²) in [7, 11) is -3.52. The van der Waals surface area contributed by atoms with Crippen molar-refractivity contribution in [3.05, 3.63) is 59.7 Å². The predicted octanol–water partition coefficient (Wildman–Crippen LogP) is 2.29. The van der Waals surface area contributed by atoms with Crippen LogP contribution < -0.4 is 9.62 Å². The van der Waals surface area contributed by atoms with Crippen LogP contribution in [0.1, 0.15) is 11.1 Å². The number of anilines is 1. The highest BCUT2D eigenvalue weighted by Gasteiger charge is 2.27. The zero-order valence-corrected chi connectivity index (χ0v) is 12.7. The topological polar surface area (TPSA) is 49.4 Å². The second kappa shape index (κ2) is 5.50. The third-order valence-electron chi connectivity index (χ3n) is 3.68. The first kappa shape index (κ1) is 14.1. The summed E-state index contributed by atoms with van der Waals surface area (Å²) in [6, 6.07) is 14.6. The maximum atomic E-state index is 12.9. The van der Waals surface area contributed by atoms with E-state index in [-0.39, 0.29) is 0 Å². The van der Waals surface area contributed by atoms with Gasteiger partial charge in [-0.15, -0.1) is 0 Å². The normalized spacial score (nSPS) is 15.4. The number of benzene rings is 2. The first-order valence-corrected chi connectivity index (χ1v) is 8.41. The molecule has 0 atom stereocenters. The Morgan fingerprint density at radius 1 is 1.05 bits per heavy atom. The van der Waals surface area contributed by atoms with Crippen LogP contribution in [-0.4, -0.2) is 21.5 Å². The first-order valence-electron chi connectivity index (χ1n) is 6.97. The van der Waals surface area contributed by atoms with Crippen molar-refractivity contribution in [1.82, 2.24) is 5.32 Å². The Bertz CT molecular complexity index is 739. The minimum absolute atomic E-state index is 0.338. The summed E-state index contributed by atoms with van der Waals surface area (Å²) in [5.74, 6) is 0. The highest BCUT2D eigenvalue weighted by molar-refractivity contribution is 7.92. The van der Waals surface area contributed by atoms with Crippen molar-refractivity contribution in [2.75, 3.05) is 17.4 Å². The van der Waals surface area contributed by atoms with E-state index in [0.717, 1.165) is 16.8 Å². The molecule has 0 bridgehead atoms. The lowest BCUT2D eigenvalue weighted by molar-refractivity contribution is 0.589. The molecule has 0 spiro atoms. The summed E-state index contributed by atoms with van der Waals surface area (Å²) < 4.78 is 27.3. The predicted molar refractivity (Wildman–Crippen MR) is 83.9 cm³/mol. The Balaban J connectivity index is 2.08. The number of hydrogen-bond acceptors (Lipinski definition) is 3. The number of fused-ring (bicyclic) bond motifs is 1. The highest BCUT2D eigenvalue weighted by Crippen LogP contribution is 2.28. The minimum Gasteiger partial charge on any atom is -0.311 e. The van der Waals surface area contributed by atoms with E-state index in [0.29, 0.717) is 24.5 Å². The summed E-state index contributed by atoms with van der Waals surface area (Å²) in [6.45, 7) is 3.71. The molecule has 2 aromatic carbocycles.